The summed E-state index contributed by atoms with van der Waals surface area (Å²) in [5, 5.41) is 0. The van der Waals surface area contributed by atoms with E-state index >= 15 is 0 Å². The Hall–Kier alpha value is -0.690. The summed E-state index contributed by atoms with van der Waals surface area (Å²) in [5.41, 5.74) is 4.35. The molecule has 0 atom stereocenters. The number of hydrogen-bond acceptors (Lipinski definition) is 1. The van der Waals surface area contributed by atoms with Crippen molar-refractivity contribution < 1.29 is 4.57 Å². The molecule has 0 aromatic heterocycles. The van der Waals surface area contributed by atoms with Gasteiger partial charge >= 0.3 is 0 Å². The van der Waals surface area contributed by atoms with Gasteiger partial charge in [-0.15, -0.1) is 12.8 Å². The lowest BCUT2D eigenvalue weighted by atomic mass is 10.7. The zero-order chi connectivity index (χ0) is 8.91. The fourth-order valence-corrected chi connectivity index (χ4v) is 2.02. The number of nitrogens with zero attached hydrogens (tertiary/aromatic N) is 1. The Labute approximate surface area is 68.4 Å². The molecular formula is C8H12NOP. The van der Waals surface area contributed by atoms with E-state index in [1.807, 2.05) is 13.8 Å². The second-order valence-electron chi connectivity index (χ2n) is 1.97. The number of rotatable bonds is 3. The lowest BCUT2D eigenvalue weighted by molar-refractivity contribution is 0.460. The van der Waals surface area contributed by atoms with Gasteiger partial charge in [0.25, 0.3) is 7.29 Å². The van der Waals surface area contributed by atoms with Gasteiger partial charge in [-0.2, -0.15) is 0 Å². The maximum Gasteiger partial charge on any atom is 0.288 e. The quantitative estimate of drug-likeness (QED) is 0.474. The van der Waals surface area contributed by atoms with Gasteiger partial charge in [-0.3, -0.25) is 4.57 Å². The molecule has 0 saturated carbocycles. The summed E-state index contributed by atoms with van der Waals surface area (Å²) in [6, 6.07) is 0. The minimum Gasteiger partial charge on any atom is -0.278 e. The van der Waals surface area contributed by atoms with Crippen LogP contribution in [-0.4, -0.2) is 17.8 Å². The van der Waals surface area contributed by atoms with Crippen LogP contribution >= 0.6 is 7.29 Å². The zero-order valence-electron chi connectivity index (χ0n) is 6.87. The highest BCUT2D eigenvalue weighted by atomic mass is 31.2. The molecule has 0 aromatic carbocycles. The molecule has 0 N–H and O–H groups in total. The smallest absolute Gasteiger partial charge is 0.278 e. The standard InChI is InChI=1S/C8H12NOP/c1-5-9(6-2)11(10,7-3)8-4/h3-4H,5-6H2,1-2H3. The van der Waals surface area contributed by atoms with E-state index in [1.165, 1.54) is 0 Å². The van der Waals surface area contributed by atoms with E-state index in [2.05, 4.69) is 11.3 Å². The van der Waals surface area contributed by atoms with Crippen molar-refractivity contribution in [2.24, 2.45) is 0 Å². The van der Waals surface area contributed by atoms with Crippen LogP contribution < -0.4 is 0 Å². The highest BCUT2D eigenvalue weighted by Crippen LogP contribution is 2.46. The fourth-order valence-electron chi connectivity index (χ4n) is 0.822. The molecule has 60 valence electrons. The van der Waals surface area contributed by atoms with Crippen molar-refractivity contribution in [3.05, 3.63) is 0 Å². The van der Waals surface area contributed by atoms with Crippen LogP contribution in [0, 0.1) is 24.2 Å². The van der Waals surface area contributed by atoms with Gasteiger partial charge in [0.1, 0.15) is 0 Å². The van der Waals surface area contributed by atoms with Crippen molar-refractivity contribution in [2.45, 2.75) is 13.8 Å². The van der Waals surface area contributed by atoms with Crippen molar-refractivity contribution in [1.29, 1.82) is 0 Å². The molecular weight excluding hydrogens is 157 g/mol. The van der Waals surface area contributed by atoms with Crippen molar-refractivity contribution in [1.82, 2.24) is 4.67 Å². The minimum absolute atomic E-state index is 0.627. The second kappa shape index (κ2) is 4.24. The van der Waals surface area contributed by atoms with Crippen molar-refractivity contribution in [2.75, 3.05) is 13.1 Å². The van der Waals surface area contributed by atoms with E-state index in [1.54, 1.807) is 4.67 Å². The van der Waals surface area contributed by atoms with Crippen molar-refractivity contribution in [3.63, 3.8) is 0 Å². The first-order valence-electron chi connectivity index (χ1n) is 3.45. The topological polar surface area (TPSA) is 20.3 Å². The third-order valence-electron chi connectivity index (χ3n) is 1.48. The van der Waals surface area contributed by atoms with E-state index in [0.29, 0.717) is 13.1 Å². The van der Waals surface area contributed by atoms with E-state index in [9.17, 15) is 4.57 Å². The second-order valence-corrected chi connectivity index (χ2v) is 4.21. The van der Waals surface area contributed by atoms with Gasteiger partial charge in [-0.25, -0.2) is 4.67 Å². The van der Waals surface area contributed by atoms with Crippen LogP contribution in [0.3, 0.4) is 0 Å². The third-order valence-corrected chi connectivity index (χ3v) is 3.54. The summed E-state index contributed by atoms with van der Waals surface area (Å²) in [5.74, 6) is 0. The van der Waals surface area contributed by atoms with Gasteiger partial charge in [0, 0.05) is 13.1 Å². The largest absolute Gasteiger partial charge is 0.288 e. The Morgan fingerprint density at radius 1 is 1.27 bits per heavy atom. The molecule has 0 unspecified atom stereocenters. The molecule has 0 aliphatic heterocycles. The van der Waals surface area contributed by atoms with Crippen LogP contribution in [-0.2, 0) is 4.57 Å². The third kappa shape index (κ3) is 2.12. The number of hydrogen-bond donors (Lipinski definition) is 0. The zero-order valence-corrected chi connectivity index (χ0v) is 7.77. The summed E-state index contributed by atoms with van der Waals surface area (Å²) in [4.78, 5) is 0. The van der Waals surface area contributed by atoms with E-state index in [0.717, 1.165) is 0 Å². The maximum atomic E-state index is 11.6. The van der Waals surface area contributed by atoms with Crippen molar-refractivity contribution in [3.8, 4) is 24.2 Å². The summed E-state index contributed by atoms with van der Waals surface area (Å²) in [6.07, 6.45) is 10.1. The van der Waals surface area contributed by atoms with Gasteiger partial charge in [-0.1, -0.05) is 13.8 Å². The summed E-state index contributed by atoms with van der Waals surface area (Å²) < 4.78 is 13.2. The molecule has 0 bridgehead atoms. The molecule has 0 spiro atoms. The van der Waals surface area contributed by atoms with Crippen LogP contribution in [0.25, 0.3) is 0 Å². The van der Waals surface area contributed by atoms with Gasteiger partial charge < -0.3 is 0 Å². The highest BCUT2D eigenvalue weighted by Gasteiger charge is 2.22. The molecule has 0 aliphatic rings. The van der Waals surface area contributed by atoms with Gasteiger partial charge in [0.15, 0.2) is 0 Å². The molecule has 2 nitrogen and oxygen atoms in total. The molecule has 11 heavy (non-hydrogen) atoms. The van der Waals surface area contributed by atoms with Crippen LogP contribution in [0.5, 0.6) is 0 Å². The van der Waals surface area contributed by atoms with Crippen LogP contribution in [0.2, 0.25) is 0 Å². The van der Waals surface area contributed by atoms with Gasteiger partial charge in [0.05, 0.1) is 0 Å². The Morgan fingerprint density at radius 3 is 1.73 bits per heavy atom. The molecule has 0 aromatic rings. The lowest BCUT2D eigenvalue weighted by Gasteiger charge is -2.20. The minimum atomic E-state index is -2.90. The summed E-state index contributed by atoms with van der Waals surface area (Å²) >= 11 is 0. The van der Waals surface area contributed by atoms with E-state index < -0.39 is 7.29 Å². The molecule has 0 radical (unpaired) electrons. The molecule has 3 heteroatoms. The normalized spacial score (nSPS) is 10.6. The molecule has 0 heterocycles. The lowest BCUT2D eigenvalue weighted by Crippen LogP contribution is -2.17. The van der Waals surface area contributed by atoms with E-state index in [4.69, 9.17) is 12.8 Å². The Balaban J connectivity index is 4.68. The first-order valence-corrected chi connectivity index (χ1v) is 5.11. The first-order chi connectivity index (χ1) is 5.14. The predicted molar refractivity (Wildman–Crippen MR) is 48.2 cm³/mol. The van der Waals surface area contributed by atoms with Crippen LogP contribution in [0.1, 0.15) is 13.8 Å². The Bertz CT molecular complexity index is 224. The summed E-state index contributed by atoms with van der Waals surface area (Å²) in [6.45, 7) is 5.01. The van der Waals surface area contributed by atoms with Gasteiger partial charge in [0.2, 0.25) is 0 Å². The molecule has 0 aliphatic carbocycles. The Morgan fingerprint density at radius 2 is 1.64 bits per heavy atom. The average Bonchev–Trinajstić information content (AvgIpc) is 2.06. The fraction of sp³-hybridized carbons (Fsp3) is 0.500. The molecule has 0 amide bonds. The molecule has 0 fully saturated rings. The highest BCUT2D eigenvalue weighted by molar-refractivity contribution is 7.71. The SMILES string of the molecule is C#CP(=O)(C#C)N(CC)CC. The van der Waals surface area contributed by atoms with Gasteiger partial charge in [-0.05, 0) is 11.3 Å². The molecule has 0 saturated heterocycles. The van der Waals surface area contributed by atoms with Crippen LogP contribution in [0.4, 0.5) is 0 Å². The monoisotopic (exact) mass is 169 g/mol. The van der Waals surface area contributed by atoms with E-state index in [-0.39, 0.29) is 0 Å². The van der Waals surface area contributed by atoms with Crippen molar-refractivity contribution >= 4 is 7.29 Å². The van der Waals surface area contributed by atoms with Crippen LogP contribution in [0.15, 0.2) is 0 Å². The first kappa shape index (κ1) is 10.3. The Kier molecular flexibility index (Phi) is 3.98. The predicted octanol–water partition coefficient (Wildman–Crippen LogP) is 1.79. The molecule has 0 rings (SSSR count). The number of terminal acetylenes is 2. The average molecular weight is 169 g/mol. The maximum absolute atomic E-state index is 11.6. The summed E-state index contributed by atoms with van der Waals surface area (Å²) in [7, 11) is -2.90.